The van der Waals surface area contributed by atoms with Crippen LogP contribution < -0.4 is 43.4 Å². The number of carbonyl (C=O) groups excluding carboxylic acids is 4. The van der Waals surface area contributed by atoms with Crippen LogP contribution in [0.4, 0.5) is 0 Å². The smallest absolute Gasteiger partial charge is 0.236 e. The molecule has 0 heterocycles. The van der Waals surface area contributed by atoms with Crippen LogP contribution in [0.2, 0.25) is 0 Å². The zero-order chi connectivity index (χ0) is 39.7. The standard InChI is InChI=1S/C42H84N8O4/c1-3-4-5-6-7-8-9-10-11-12-13-14-15-16-17-28-40(52)48-34-21-19-27-39(44)42(54)50-36-25-32-46-30-23-22-29-45-31-24-35-49-41(53)38(43)26-18-20-33-47-37(2)51/h10-11,38-39,45-46H,3-9,12-36,43-44H2,1-2H3,(H,47,51)(H,48,52)(H,49,53)(H,50,54). The van der Waals surface area contributed by atoms with Crippen molar-refractivity contribution in [1.29, 1.82) is 0 Å². The molecule has 0 rings (SSSR count). The van der Waals surface area contributed by atoms with E-state index in [1.165, 1.54) is 77.6 Å². The Bertz CT molecular complexity index is 936. The average molecular weight is 765 g/mol. The third-order valence-corrected chi connectivity index (χ3v) is 9.54. The van der Waals surface area contributed by atoms with Crippen molar-refractivity contribution in [2.45, 2.75) is 180 Å². The number of hydrogen-bond donors (Lipinski definition) is 8. The summed E-state index contributed by atoms with van der Waals surface area (Å²) < 4.78 is 0. The highest BCUT2D eigenvalue weighted by Gasteiger charge is 2.13. The maximum atomic E-state index is 12.3. The van der Waals surface area contributed by atoms with Gasteiger partial charge in [-0.25, -0.2) is 0 Å². The van der Waals surface area contributed by atoms with Crippen LogP contribution in [-0.4, -0.2) is 88.1 Å². The molecule has 0 spiro atoms. The lowest BCUT2D eigenvalue weighted by molar-refractivity contribution is -0.123. The van der Waals surface area contributed by atoms with E-state index < -0.39 is 12.1 Å². The molecule has 0 aromatic heterocycles. The van der Waals surface area contributed by atoms with Crippen molar-refractivity contribution in [3.63, 3.8) is 0 Å². The number of rotatable bonds is 40. The predicted octanol–water partition coefficient (Wildman–Crippen LogP) is 5.24. The summed E-state index contributed by atoms with van der Waals surface area (Å²) in [5.41, 5.74) is 12.0. The molecule has 0 aliphatic heterocycles. The Kier molecular flexibility index (Phi) is 38.2. The van der Waals surface area contributed by atoms with Crippen molar-refractivity contribution in [2.24, 2.45) is 11.5 Å². The van der Waals surface area contributed by atoms with Crippen LogP contribution >= 0.6 is 0 Å². The van der Waals surface area contributed by atoms with Gasteiger partial charge in [0, 0.05) is 39.5 Å². The first-order valence-corrected chi connectivity index (χ1v) is 21.9. The van der Waals surface area contributed by atoms with E-state index in [2.05, 4.69) is 51.0 Å². The minimum atomic E-state index is -0.510. The van der Waals surface area contributed by atoms with E-state index in [9.17, 15) is 19.2 Å². The van der Waals surface area contributed by atoms with Gasteiger partial charge in [0.15, 0.2) is 0 Å². The second-order valence-corrected chi connectivity index (χ2v) is 14.9. The predicted molar refractivity (Wildman–Crippen MR) is 225 cm³/mol. The number of allylic oxidation sites excluding steroid dienone is 2. The molecule has 0 radical (unpaired) electrons. The zero-order valence-corrected chi connectivity index (χ0v) is 34.7. The fourth-order valence-electron chi connectivity index (χ4n) is 6.04. The molecule has 316 valence electrons. The molecule has 4 amide bonds. The first-order chi connectivity index (χ1) is 26.3. The molecule has 0 saturated heterocycles. The van der Waals surface area contributed by atoms with Crippen LogP contribution in [-0.2, 0) is 19.2 Å². The van der Waals surface area contributed by atoms with Gasteiger partial charge in [0.1, 0.15) is 0 Å². The quantitative estimate of drug-likeness (QED) is 0.0307. The van der Waals surface area contributed by atoms with Crippen molar-refractivity contribution in [2.75, 3.05) is 52.4 Å². The van der Waals surface area contributed by atoms with Crippen molar-refractivity contribution < 1.29 is 19.2 Å². The number of nitrogens with one attached hydrogen (secondary N) is 6. The Balaban J connectivity index is 3.46. The van der Waals surface area contributed by atoms with Gasteiger partial charge in [0.05, 0.1) is 12.1 Å². The number of carbonyl (C=O) groups is 4. The third-order valence-electron chi connectivity index (χ3n) is 9.54. The second kappa shape index (κ2) is 40.1. The van der Waals surface area contributed by atoms with Gasteiger partial charge in [-0.05, 0) is 122 Å². The van der Waals surface area contributed by atoms with Crippen molar-refractivity contribution >= 4 is 23.6 Å². The molecule has 0 aliphatic rings. The number of hydrogen-bond acceptors (Lipinski definition) is 8. The molecule has 10 N–H and O–H groups in total. The summed E-state index contributed by atoms with van der Waals surface area (Å²) >= 11 is 0. The molecule has 2 atom stereocenters. The van der Waals surface area contributed by atoms with Crippen molar-refractivity contribution in [3.05, 3.63) is 12.2 Å². The van der Waals surface area contributed by atoms with Gasteiger partial charge in [-0.2, -0.15) is 0 Å². The van der Waals surface area contributed by atoms with Crippen molar-refractivity contribution in [1.82, 2.24) is 31.9 Å². The van der Waals surface area contributed by atoms with Crippen LogP contribution in [0.1, 0.15) is 168 Å². The summed E-state index contributed by atoms with van der Waals surface area (Å²) in [5, 5.41) is 18.4. The molecule has 54 heavy (non-hydrogen) atoms. The van der Waals surface area contributed by atoms with E-state index in [1.54, 1.807) is 0 Å². The second-order valence-electron chi connectivity index (χ2n) is 14.9. The molecule has 0 saturated carbocycles. The van der Waals surface area contributed by atoms with Gasteiger partial charge in [-0.1, -0.05) is 70.4 Å². The molecule has 0 aliphatic carbocycles. The lowest BCUT2D eigenvalue weighted by atomic mass is 10.1. The molecular weight excluding hydrogens is 681 g/mol. The molecular formula is C42H84N8O4. The maximum Gasteiger partial charge on any atom is 0.236 e. The van der Waals surface area contributed by atoms with Crippen molar-refractivity contribution in [3.8, 4) is 0 Å². The summed E-state index contributed by atoms with van der Waals surface area (Å²) in [4.78, 5) is 47.4. The number of unbranched alkanes of at least 4 members (excludes halogenated alkanes) is 14. The van der Waals surface area contributed by atoms with Gasteiger partial charge in [0.2, 0.25) is 23.6 Å². The Morgan fingerprint density at radius 1 is 0.463 bits per heavy atom. The highest BCUT2D eigenvalue weighted by atomic mass is 16.2. The summed E-state index contributed by atoms with van der Waals surface area (Å²) in [6.07, 6.45) is 29.9. The Labute approximate surface area is 330 Å². The molecule has 12 heteroatoms. The van der Waals surface area contributed by atoms with E-state index in [1.807, 2.05) is 0 Å². The van der Waals surface area contributed by atoms with Crippen LogP contribution in [0.25, 0.3) is 0 Å². The summed E-state index contributed by atoms with van der Waals surface area (Å²) in [6, 6.07) is -1.01. The van der Waals surface area contributed by atoms with Crippen LogP contribution in [0.15, 0.2) is 12.2 Å². The summed E-state index contributed by atoms with van der Waals surface area (Å²) in [6.45, 7) is 9.77. The maximum absolute atomic E-state index is 12.3. The fourth-order valence-corrected chi connectivity index (χ4v) is 6.04. The van der Waals surface area contributed by atoms with E-state index in [0.717, 1.165) is 90.4 Å². The molecule has 0 aromatic carbocycles. The SMILES string of the molecule is CCCCCCCCC=CCCCCCCCC(=O)NCCCCC(N)C(=O)NCCCNCCCCNCCCNC(=O)C(N)CCCCNC(C)=O. The summed E-state index contributed by atoms with van der Waals surface area (Å²) in [5.74, 6) is -0.136. The van der Waals surface area contributed by atoms with Gasteiger partial charge >= 0.3 is 0 Å². The fraction of sp³-hybridized carbons (Fsp3) is 0.857. The Hall–Kier alpha value is -2.54. The van der Waals surface area contributed by atoms with E-state index >= 15 is 0 Å². The minimum Gasteiger partial charge on any atom is -0.356 e. The molecule has 0 aromatic rings. The number of amides is 4. The van der Waals surface area contributed by atoms with E-state index in [0.29, 0.717) is 45.4 Å². The van der Waals surface area contributed by atoms with Gasteiger partial charge in [-0.15, -0.1) is 0 Å². The Morgan fingerprint density at radius 2 is 0.870 bits per heavy atom. The normalized spacial score (nSPS) is 12.4. The summed E-state index contributed by atoms with van der Waals surface area (Å²) in [7, 11) is 0. The first-order valence-electron chi connectivity index (χ1n) is 21.9. The first kappa shape index (κ1) is 51.5. The lowest BCUT2D eigenvalue weighted by Gasteiger charge is -2.13. The molecule has 0 fully saturated rings. The zero-order valence-electron chi connectivity index (χ0n) is 34.7. The topological polar surface area (TPSA) is 192 Å². The van der Waals surface area contributed by atoms with Gasteiger partial charge in [-0.3, -0.25) is 19.2 Å². The average Bonchev–Trinajstić information content (AvgIpc) is 3.15. The van der Waals surface area contributed by atoms with Crippen LogP contribution in [0, 0.1) is 0 Å². The van der Waals surface area contributed by atoms with Gasteiger partial charge in [0.25, 0.3) is 0 Å². The van der Waals surface area contributed by atoms with E-state index in [-0.39, 0.29) is 23.6 Å². The molecule has 0 bridgehead atoms. The molecule has 12 nitrogen and oxygen atoms in total. The van der Waals surface area contributed by atoms with Crippen LogP contribution in [0.3, 0.4) is 0 Å². The monoisotopic (exact) mass is 765 g/mol. The number of nitrogens with two attached hydrogens (primary N) is 2. The van der Waals surface area contributed by atoms with E-state index in [4.69, 9.17) is 11.5 Å². The Morgan fingerprint density at radius 3 is 1.37 bits per heavy atom. The van der Waals surface area contributed by atoms with Crippen LogP contribution in [0.5, 0.6) is 0 Å². The largest absolute Gasteiger partial charge is 0.356 e. The minimum absolute atomic E-state index is 0.0418. The highest BCUT2D eigenvalue weighted by molar-refractivity contribution is 5.81. The lowest BCUT2D eigenvalue weighted by Crippen LogP contribution is -2.41. The third kappa shape index (κ3) is 37.8. The van der Waals surface area contributed by atoms with Gasteiger partial charge < -0.3 is 43.4 Å². The highest BCUT2D eigenvalue weighted by Crippen LogP contribution is 2.10. The molecule has 2 unspecified atom stereocenters.